The van der Waals surface area contributed by atoms with E-state index in [1.54, 1.807) is 19.3 Å². The number of anilines is 3. The molecule has 28 heavy (non-hydrogen) atoms. The van der Waals surface area contributed by atoms with Crippen LogP contribution in [0.1, 0.15) is 35.9 Å². The van der Waals surface area contributed by atoms with Gasteiger partial charge >= 0.3 is 0 Å². The Hall–Kier alpha value is -3.35. The summed E-state index contributed by atoms with van der Waals surface area (Å²) in [6.45, 7) is 8.36. The van der Waals surface area contributed by atoms with E-state index in [1.807, 2.05) is 36.4 Å². The predicted molar refractivity (Wildman–Crippen MR) is 111 cm³/mol. The van der Waals surface area contributed by atoms with Crippen LogP contribution >= 0.6 is 0 Å². The average Bonchev–Trinajstić information content (AvgIpc) is 3.22. The fourth-order valence-electron chi connectivity index (χ4n) is 2.90. The van der Waals surface area contributed by atoms with Crippen LogP contribution in [0.4, 0.5) is 17.2 Å². The van der Waals surface area contributed by atoms with Crippen molar-refractivity contribution in [1.29, 1.82) is 0 Å². The van der Waals surface area contributed by atoms with Crippen LogP contribution in [0.25, 0.3) is 0 Å². The number of furan rings is 1. The highest BCUT2D eigenvalue weighted by Gasteiger charge is 2.12. The first-order valence-corrected chi connectivity index (χ1v) is 9.37. The van der Waals surface area contributed by atoms with Gasteiger partial charge in [0, 0.05) is 30.5 Å². The lowest BCUT2D eigenvalue weighted by Crippen LogP contribution is -2.21. The summed E-state index contributed by atoms with van der Waals surface area (Å²) in [6.07, 6.45) is 1.62. The van der Waals surface area contributed by atoms with Crippen LogP contribution in [0, 0.1) is 6.92 Å². The summed E-state index contributed by atoms with van der Waals surface area (Å²) in [7, 11) is 0. The molecule has 146 valence electrons. The minimum absolute atomic E-state index is 0.276. The molecule has 0 bridgehead atoms. The molecular formula is C21H25N5O2. The van der Waals surface area contributed by atoms with E-state index in [4.69, 9.17) is 4.42 Å². The van der Waals surface area contributed by atoms with E-state index in [9.17, 15) is 4.79 Å². The van der Waals surface area contributed by atoms with E-state index >= 15 is 0 Å². The van der Waals surface area contributed by atoms with Gasteiger partial charge in [0.25, 0.3) is 5.91 Å². The van der Waals surface area contributed by atoms with Gasteiger partial charge in [0.1, 0.15) is 23.1 Å². The normalized spacial score (nSPS) is 10.5. The molecule has 3 rings (SSSR count). The number of aromatic nitrogens is 2. The summed E-state index contributed by atoms with van der Waals surface area (Å²) in [5, 5.41) is 6.04. The predicted octanol–water partition coefficient (Wildman–Crippen LogP) is 4.09. The third kappa shape index (κ3) is 4.88. The number of hydrogen-bond donors (Lipinski definition) is 2. The van der Waals surface area contributed by atoms with Gasteiger partial charge in [0.05, 0.1) is 12.8 Å². The topological polar surface area (TPSA) is 83.3 Å². The van der Waals surface area contributed by atoms with Crippen LogP contribution in [0.5, 0.6) is 0 Å². The fourth-order valence-corrected chi connectivity index (χ4v) is 2.90. The SMILES string of the molecule is CCN(CC)c1ccc(NC(=O)c2cc(NCc3ccco3)nc(C)n2)cc1. The molecule has 0 aliphatic heterocycles. The Morgan fingerprint density at radius 1 is 1.11 bits per heavy atom. The van der Waals surface area contributed by atoms with E-state index in [-0.39, 0.29) is 5.91 Å². The Labute approximate surface area is 164 Å². The highest BCUT2D eigenvalue weighted by atomic mass is 16.3. The van der Waals surface area contributed by atoms with Gasteiger partial charge in [-0.25, -0.2) is 9.97 Å². The molecule has 7 nitrogen and oxygen atoms in total. The van der Waals surface area contributed by atoms with Crippen molar-refractivity contribution >= 4 is 23.1 Å². The largest absolute Gasteiger partial charge is 0.467 e. The van der Waals surface area contributed by atoms with Crippen molar-refractivity contribution < 1.29 is 9.21 Å². The molecular weight excluding hydrogens is 354 g/mol. The quantitative estimate of drug-likeness (QED) is 0.613. The third-order valence-electron chi connectivity index (χ3n) is 4.35. The van der Waals surface area contributed by atoms with Crippen LogP contribution < -0.4 is 15.5 Å². The molecule has 3 aromatic rings. The van der Waals surface area contributed by atoms with Crippen molar-refractivity contribution in [2.45, 2.75) is 27.3 Å². The second-order valence-electron chi connectivity index (χ2n) is 6.29. The number of nitrogens with one attached hydrogen (secondary N) is 2. The molecule has 2 N–H and O–H groups in total. The van der Waals surface area contributed by atoms with Crippen molar-refractivity contribution in [2.75, 3.05) is 28.6 Å². The van der Waals surface area contributed by atoms with Crippen molar-refractivity contribution in [1.82, 2.24) is 9.97 Å². The first-order valence-electron chi connectivity index (χ1n) is 9.37. The smallest absolute Gasteiger partial charge is 0.274 e. The maximum atomic E-state index is 12.6. The van der Waals surface area contributed by atoms with Crippen LogP contribution in [-0.2, 0) is 6.54 Å². The lowest BCUT2D eigenvalue weighted by molar-refractivity contribution is 0.102. The second-order valence-corrected chi connectivity index (χ2v) is 6.29. The molecule has 2 heterocycles. The van der Waals surface area contributed by atoms with Gasteiger partial charge < -0.3 is 20.0 Å². The summed E-state index contributed by atoms with van der Waals surface area (Å²) in [5.41, 5.74) is 2.16. The van der Waals surface area contributed by atoms with Gasteiger partial charge in [-0.2, -0.15) is 0 Å². The highest BCUT2D eigenvalue weighted by Crippen LogP contribution is 2.18. The third-order valence-corrected chi connectivity index (χ3v) is 4.35. The summed E-state index contributed by atoms with van der Waals surface area (Å²) in [4.78, 5) is 23.4. The van der Waals surface area contributed by atoms with Crippen LogP contribution in [-0.4, -0.2) is 29.0 Å². The van der Waals surface area contributed by atoms with Gasteiger partial charge in [0.2, 0.25) is 0 Å². The first kappa shape index (κ1) is 19.4. The number of amides is 1. The molecule has 0 unspecified atom stereocenters. The molecule has 0 atom stereocenters. The molecule has 0 fully saturated rings. The first-order chi connectivity index (χ1) is 13.6. The summed E-state index contributed by atoms with van der Waals surface area (Å²) < 4.78 is 5.30. The van der Waals surface area contributed by atoms with Crippen molar-refractivity contribution in [2.24, 2.45) is 0 Å². The molecule has 2 aromatic heterocycles. The molecule has 0 aliphatic carbocycles. The number of carbonyl (C=O) groups is 1. The molecule has 0 saturated carbocycles. The number of aryl methyl sites for hydroxylation is 1. The maximum Gasteiger partial charge on any atom is 0.274 e. The Morgan fingerprint density at radius 3 is 2.50 bits per heavy atom. The lowest BCUT2D eigenvalue weighted by Gasteiger charge is -2.21. The lowest BCUT2D eigenvalue weighted by atomic mass is 10.2. The Balaban J connectivity index is 1.68. The highest BCUT2D eigenvalue weighted by molar-refractivity contribution is 6.03. The summed E-state index contributed by atoms with van der Waals surface area (Å²) in [6, 6.07) is 13.1. The molecule has 0 radical (unpaired) electrons. The molecule has 0 spiro atoms. The summed E-state index contributed by atoms with van der Waals surface area (Å²) in [5.74, 6) is 1.61. The zero-order valence-corrected chi connectivity index (χ0v) is 16.4. The molecule has 0 aliphatic rings. The van der Waals surface area contributed by atoms with Gasteiger partial charge in [0.15, 0.2) is 0 Å². The molecule has 1 amide bonds. The Kier molecular flexibility index (Phi) is 6.26. The number of carbonyl (C=O) groups excluding carboxylic acids is 1. The van der Waals surface area contributed by atoms with Gasteiger partial charge in [-0.05, 0) is 57.2 Å². The number of benzene rings is 1. The molecule has 1 aromatic carbocycles. The minimum atomic E-state index is -0.276. The molecule has 0 saturated heterocycles. The van der Waals surface area contributed by atoms with Crippen molar-refractivity contribution in [3.05, 3.63) is 66.0 Å². The van der Waals surface area contributed by atoms with Crippen LogP contribution in [0.15, 0.2) is 53.1 Å². The van der Waals surface area contributed by atoms with Crippen LogP contribution in [0.2, 0.25) is 0 Å². The zero-order valence-electron chi connectivity index (χ0n) is 16.4. The van der Waals surface area contributed by atoms with Crippen LogP contribution in [0.3, 0.4) is 0 Å². The van der Waals surface area contributed by atoms with E-state index in [0.717, 1.165) is 30.2 Å². The van der Waals surface area contributed by atoms with E-state index in [0.29, 0.717) is 23.9 Å². The van der Waals surface area contributed by atoms with Gasteiger partial charge in [-0.3, -0.25) is 4.79 Å². The fraction of sp³-hybridized carbons (Fsp3) is 0.286. The maximum absolute atomic E-state index is 12.6. The summed E-state index contributed by atoms with van der Waals surface area (Å²) >= 11 is 0. The second kappa shape index (κ2) is 9.03. The van der Waals surface area contributed by atoms with E-state index in [2.05, 4.69) is 39.3 Å². The number of nitrogens with zero attached hydrogens (tertiary/aromatic N) is 3. The van der Waals surface area contributed by atoms with Gasteiger partial charge in [-0.1, -0.05) is 0 Å². The Morgan fingerprint density at radius 2 is 1.86 bits per heavy atom. The zero-order chi connectivity index (χ0) is 19.9. The average molecular weight is 379 g/mol. The van der Waals surface area contributed by atoms with Crippen molar-refractivity contribution in [3.63, 3.8) is 0 Å². The molecule has 7 heteroatoms. The number of hydrogen-bond acceptors (Lipinski definition) is 6. The Bertz CT molecular complexity index is 903. The van der Waals surface area contributed by atoms with Crippen molar-refractivity contribution in [3.8, 4) is 0 Å². The van der Waals surface area contributed by atoms with E-state index < -0.39 is 0 Å². The minimum Gasteiger partial charge on any atom is -0.467 e. The van der Waals surface area contributed by atoms with E-state index in [1.165, 1.54) is 0 Å². The van der Waals surface area contributed by atoms with Gasteiger partial charge in [-0.15, -0.1) is 0 Å². The number of rotatable bonds is 8. The standard InChI is InChI=1S/C21H25N5O2/c1-4-26(5-2)17-10-8-16(9-11-17)25-21(27)19-13-20(24-15(3)23-19)22-14-18-7-6-12-28-18/h6-13H,4-5,14H2,1-3H3,(H,25,27)(H,22,23,24). The monoisotopic (exact) mass is 379 g/mol.